The van der Waals surface area contributed by atoms with Gasteiger partial charge in [-0.2, -0.15) is 0 Å². The molecule has 1 aromatic carbocycles. The van der Waals surface area contributed by atoms with Gasteiger partial charge >= 0.3 is 0 Å². The van der Waals surface area contributed by atoms with E-state index in [0.29, 0.717) is 24.0 Å². The van der Waals surface area contributed by atoms with E-state index in [9.17, 15) is 0 Å². The third-order valence-electron chi connectivity index (χ3n) is 2.69. The van der Waals surface area contributed by atoms with Crippen molar-refractivity contribution in [3.05, 3.63) is 35.4 Å². The van der Waals surface area contributed by atoms with Crippen LogP contribution in [-0.2, 0) is 21.1 Å². The summed E-state index contributed by atoms with van der Waals surface area (Å²) in [6.45, 7) is 4.72. The van der Waals surface area contributed by atoms with E-state index < -0.39 is 0 Å². The van der Waals surface area contributed by atoms with E-state index in [1.807, 2.05) is 38.1 Å². The molecule has 0 radical (unpaired) electrons. The Bertz CT molecular complexity index is 595. The van der Waals surface area contributed by atoms with Crippen LogP contribution in [0.25, 0.3) is 0 Å². The highest BCUT2D eigenvalue weighted by molar-refractivity contribution is 8.15. The molecular formula is C15H19N3O3S. The minimum Gasteiger partial charge on any atom is -0.399 e. The lowest BCUT2D eigenvalue weighted by Gasteiger charge is -2.15. The molecule has 0 aromatic heterocycles. The van der Waals surface area contributed by atoms with Crippen LogP contribution in [0.2, 0.25) is 0 Å². The predicted octanol–water partition coefficient (Wildman–Crippen LogP) is 3.03. The highest BCUT2D eigenvalue weighted by Gasteiger charge is 2.20. The van der Waals surface area contributed by atoms with Crippen molar-refractivity contribution in [2.75, 3.05) is 19.5 Å². The van der Waals surface area contributed by atoms with E-state index in [1.54, 1.807) is 11.8 Å². The van der Waals surface area contributed by atoms with E-state index in [1.165, 1.54) is 7.11 Å². The van der Waals surface area contributed by atoms with Crippen LogP contribution in [0.15, 0.2) is 39.7 Å². The molecule has 0 amide bonds. The summed E-state index contributed by atoms with van der Waals surface area (Å²) in [5, 5.41) is 12.9. The third kappa shape index (κ3) is 4.49. The second kappa shape index (κ2) is 8.43. The average molecular weight is 321 g/mol. The zero-order valence-electron chi connectivity index (χ0n) is 12.9. The predicted molar refractivity (Wildman–Crippen MR) is 89.4 cm³/mol. The lowest BCUT2D eigenvalue weighted by atomic mass is 10.0. The van der Waals surface area contributed by atoms with E-state index in [-0.39, 0.29) is 0 Å². The van der Waals surface area contributed by atoms with E-state index in [2.05, 4.69) is 15.5 Å². The first-order chi connectivity index (χ1) is 10.7. The summed E-state index contributed by atoms with van der Waals surface area (Å²) in [4.78, 5) is 15.5. The molecule has 7 heteroatoms. The van der Waals surface area contributed by atoms with E-state index in [4.69, 9.17) is 14.5 Å². The quantitative estimate of drug-likeness (QED) is 0.597. The molecule has 118 valence electrons. The monoisotopic (exact) mass is 321 g/mol. The van der Waals surface area contributed by atoms with Crippen LogP contribution in [0.5, 0.6) is 0 Å². The van der Waals surface area contributed by atoms with Crippen LogP contribution < -0.4 is 0 Å². The van der Waals surface area contributed by atoms with Gasteiger partial charge in [0, 0.05) is 16.9 Å². The maximum Gasteiger partial charge on any atom is 0.165 e. The summed E-state index contributed by atoms with van der Waals surface area (Å²) in [6, 6.07) is 7.81. The lowest BCUT2D eigenvalue weighted by molar-refractivity contribution is 0.130. The van der Waals surface area contributed by atoms with Crippen molar-refractivity contribution in [3.63, 3.8) is 0 Å². The average Bonchev–Trinajstić information content (AvgIpc) is 2.54. The first-order valence-electron chi connectivity index (χ1n) is 6.88. The Labute approximate surface area is 134 Å². The Hall–Kier alpha value is -2.02. The molecule has 0 unspecified atom stereocenters. The van der Waals surface area contributed by atoms with Crippen LogP contribution in [0.1, 0.15) is 25.0 Å². The summed E-state index contributed by atoms with van der Waals surface area (Å²) in [7, 11) is 1.51. The number of oxime groups is 3. The van der Waals surface area contributed by atoms with Crippen molar-refractivity contribution >= 4 is 28.2 Å². The topological polar surface area (TPSA) is 64.8 Å². The number of nitrogens with zero attached hydrogens (tertiary/aromatic N) is 3. The summed E-state index contributed by atoms with van der Waals surface area (Å²) in [5.41, 5.74) is 3.36. The smallest absolute Gasteiger partial charge is 0.165 e. The van der Waals surface area contributed by atoms with E-state index in [0.717, 1.165) is 22.6 Å². The number of rotatable bonds is 6. The zero-order valence-corrected chi connectivity index (χ0v) is 13.7. The minimum absolute atomic E-state index is 0.350. The van der Waals surface area contributed by atoms with Gasteiger partial charge in [-0.3, -0.25) is 0 Å². The first-order valence-corrected chi connectivity index (χ1v) is 7.86. The fraction of sp³-hybridized carbons (Fsp3) is 0.400. The van der Waals surface area contributed by atoms with Crippen molar-refractivity contribution in [1.29, 1.82) is 0 Å². The van der Waals surface area contributed by atoms with Crippen LogP contribution in [0.3, 0.4) is 0 Å². The van der Waals surface area contributed by atoms with Gasteiger partial charge in [0.1, 0.15) is 26.0 Å². The van der Waals surface area contributed by atoms with Gasteiger partial charge in [0.25, 0.3) is 0 Å². The molecule has 1 aromatic rings. The summed E-state index contributed by atoms with van der Waals surface area (Å²) in [5.74, 6) is 0.833. The normalized spacial score (nSPS) is 14.7. The fourth-order valence-corrected chi connectivity index (χ4v) is 2.56. The van der Waals surface area contributed by atoms with Crippen LogP contribution in [0, 0.1) is 0 Å². The fourth-order valence-electron chi connectivity index (χ4n) is 1.82. The highest BCUT2D eigenvalue weighted by atomic mass is 32.2. The number of benzene rings is 1. The molecule has 6 nitrogen and oxygen atoms in total. The number of hydrogen-bond acceptors (Lipinski definition) is 7. The molecule has 1 heterocycles. The van der Waals surface area contributed by atoms with Crippen molar-refractivity contribution in [2.45, 2.75) is 20.5 Å². The Morgan fingerprint density at radius 3 is 2.82 bits per heavy atom. The summed E-state index contributed by atoms with van der Waals surface area (Å²) < 4.78 is 0. The Balaban J connectivity index is 2.29. The van der Waals surface area contributed by atoms with Gasteiger partial charge in [0.05, 0.1) is 5.71 Å². The molecule has 1 aliphatic rings. The molecule has 1 aliphatic heterocycles. The van der Waals surface area contributed by atoms with Crippen molar-refractivity contribution in [1.82, 2.24) is 0 Å². The molecule has 2 rings (SSSR count). The van der Waals surface area contributed by atoms with Gasteiger partial charge in [0.2, 0.25) is 0 Å². The molecule has 0 saturated carbocycles. The second-order valence-corrected chi connectivity index (χ2v) is 5.75. The second-order valence-electron chi connectivity index (χ2n) is 4.67. The molecule has 0 N–H and O–H groups in total. The standard InChI is InChI=1S/C15H19N3O3S/c1-11(2)16-21-10-12-6-4-5-7-13(12)14(17-19-3)15-18-20-8-9-22-15/h4-7H,8-10H2,1-3H3. The van der Waals surface area contributed by atoms with Crippen molar-refractivity contribution in [3.8, 4) is 0 Å². The SMILES string of the molecule is CON=C(C1=NOCCS1)c1ccccc1CON=C(C)C. The van der Waals surface area contributed by atoms with Gasteiger partial charge in [-0.05, 0) is 13.8 Å². The first kappa shape index (κ1) is 16.4. The molecule has 0 fully saturated rings. The van der Waals surface area contributed by atoms with Crippen LogP contribution in [-0.4, -0.2) is 35.9 Å². The minimum atomic E-state index is 0.350. The third-order valence-corrected chi connectivity index (χ3v) is 3.60. The molecule has 22 heavy (non-hydrogen) atoms. The van der Waals surface area contributed by atoms with Crippen molar-refractivity contribution < 1.29 is 14.5 Å². The van der Waals surface area contributed by atoms with Gasteiger partial charge in [-0.1, -0.05) is 51.5 Å². The maximum absolute atomic E-state index is 5.35. The summed E-state index contributed by atoms with van der Waals surface area (Å²) >= 11 is 1.59. The Morgan fingerprint density at radius 1 is 1.32 bits per heavy atom. The van der Waals surface area contributed by atoms with Gasteiger partial charge in [0.15, 0.2) is 5.04 Å². The van der Waals surface area contributed by atoms with Gasteiger partial charge in [-0.25, -0.2) is 0 Å². The molecular weight excluding hydrogens is 302 g/mol. The van der Waals surface area contributed by atoms with Crippen LogP contribution >= 0.6 is 11.8 Å². The van der Waals surface area contributed by atoms with Crippen LogP contribution in [0.4, 0.5) is 0 Å². The molecule has 0 spiro atoms. The Morgan fingerprint density at radius 2 is 2.14 bits per heavy atom. The summed E-state index contributed by atoms with van der Waals surface area (Å²) in [6.07, 6.45) is 0. The molecule has 0 atom stereocenters. The lowest BCUT2D eigenvalue weighted by Crippen LogP contribution is -2.19. The largest absolute Gasteiger partial charge is 0.399 e. The van der Waals surface area contributed by atoms with Gasteiger partial charge < -0.3 is 14.5 Å². The number of thioether (sulfide) groups is 1. The zero-order chi connectivity index (χ0) is 15.8. The number of hydrogen-bond donors (Lipinski definition) is 0. The van der Waals surface area contributed by atoms with Crippen molar-refractivity contribution in [2.24, 2.45) is 15.5 Å². The van der Waals surface area contributed by atoms with E-state index >= 15 is 0 Å². The maximum atomic E-state index is 5.35. The molecule has 0 aliphatic carbocycles. The molecule has 0 saturated heterocycles. The highest BCUT2D eigenvalue weighted by Crippen LogP contribution is 2.20. The van der Waals surface area contributed by atoms with Gasteiger partial charge in [-0.15, -0.1) is 0 Å². The Kier molecular flexibility index (Phi) is 6.27. The molecule has 0 bridgehead atoms.